The maximum atomic E-state index is 10.9. The minimum Gasteiger partial charge on any atom is -0.477 e. The zero-order valence-electron chi connectivity index (χ0n) is 8.83. The largest absolute Gasteiger partial charge is 0.477 e. The predicted molar refractivity (Wildman–Crippen MR) is 58.3 cm³/mol. The third kappa shape index (κ3) is 2.02. The fraction of sp³-hybridized carbons (Fsp3) is 0.545. The van der Waals surface area contributed by atoms with Gasteiger partial charge in [0.25, 0.3) is 0 Å². The Morgan fingerprint density at radius 1 is 1.73 bits per heavy atom. The van der Waals surface area contributed by atoms with Gasteiger partial charge in [-0.1, -0.05) is 25.4 Å². The number of rotatable bonds is 3. The maximum absolute atomic E-state index is 10.9. The van der Waals surface area contributed by atoms with Crippen LogP contribution in [0.2, 0.25) is 5.02 Å². The number of nitrogens with zero attached hydrogens (tertiary/aromatic N) is 1. The minimum atomic E-state index is -0.916. The van der Waals surface area contributed by atoms with Gasteiger partial charge in [0.15, 0.2) is 0 Å². The van der Waals surface area contributed by atoms with Crippen LogP contribution in [0.5, 0.6) is 0 Å². The molecule has 0 amide bonds. The van der Waals surface area contributed by atoms with Gasteiger partial charge in [0.1, 0.15) is 5.69 Å². The van der Waals surface area contributed by atoms with Crippen molar-refractivity contribution in [1.29, 1.82) is 0 Å². The van der Waals surface area contributed by atoms with Crippen molar-refractivity contribution in [3.8, 4) is 0 Å². The molecule has 1 saturated carbocycles. The highest BCUT2D eigenvalue weighted by atomic mass is 35.5. The van der Waals surface area contributed by atoms with Crippen molar-refractivity contribution in [2.75, 3.05) is 0 Å². The molecule has 1 fully saturated rings. The van der Waals surface area contributed by atoms with Crippen LogP contribution in [-0.2, 0) is 6.54 Å². The molecule has 1 N–H and O–H groups in total. The molecule has 0 bridgehead atoms. The molecule has 1 atom stereocenters. The summed E-state index contributed by atoms with van der Waals surface area (Å²) in [4.78, 5) is 10.9. The summed E-state index contributed by atoms with van der Waals surface area (Å²) in [6.45, 7) is 5.15. The van der Waals surface area contributed by atoms with Gasteiger partial charge in [-0.05, 0) is 23.8 Å². The van der Waals surface area contributed by atoms with Crippen LogP contribution >= 0.6 is 11.6 Å². The van der Waals surface area contributed by atoms with Gasteiger partial charge in [-0.3, -0.25) is 0 Å². The van der Waals surface area contributed by atoms with E-state index in [0.29, 0.717) is 16.4 Å². The molecule has 1 unspecified atom stereocenters. The van der Waals surface area contributed by atoms with Gasteiger partial charge in [0.2, 0.25) is 0 Å². The van der Waals surface area contributed by atoms with Gasteiger partial charge >= 0.3 is 5.97 Å². The van der Waals surface area contributed by atoms with Crippen LogP contribution in [0.15, 0.2) is 12.3 Å². The lowest BCUT2D eigenvalue weighted by Gasteiger charge is -2.07. The smallest absolute Gasteiger partial charge is 0.352 e. The molecule has 1 aromatic heterocycles. The fourth-order valence-corrected chi connectivity index (χ4v) is 2.15. The SMILES string of the molecule is CC1(C)CC1Cn1cc(Cl)cc1C(=O)O. The minimum absolute atomic E-state index is 0.280. The highest BCUT2D eigenvalue weighted by molar-refractivity contribution is 6.30. The Morgan fingerprint density at radius 3 is 2.80 bits per heavy atom. The van der Waals surface area contributed by atoms with E-state index in [9.17, 15) is 4.79 Å². The van der Waals surface area contributed by atoms with E-state index in [-0.39, 0.29) is 5.69 Å². The van der Waals surface area contributed by atoms with E-state index >= 15 is 0 Å². The van der Waals surface area contributed by atoms with Crippen LogP contribution in [0.25, 0.3) is 0 Å². The molecule has 1 aromatic rings. The van der Waals surface area contributed by atoms with Gasteiger partial charge in [-0.15, -0.1) is 0 Å². The zero-order chi connectivity index (χ0) is 11.2. The Bertz CT molecular complexity index is 409. The molecule has 15 heavy (non-hydrogen) atoms. The highest BCUT2D eigenvalue weighted by Crippen LogP contribution is 2.52. The number of aromatic carboxylic acids is 1. The normalized spacial score (nSPS) is 22.7. The lowest BCUT2D eigenvalue weighted by Crippen LogP contribution is -2.10. The Hall–Kier alpha value is -0.960. The molecule has 82 valence electrons. The molecule has 1 aliphatic carbocycles. The third-order valence-electron chi connectivity index (χ3n) is 3.22. The summed E-state index contributed by atoms with van der Waals surface area (Å²) in [5, 5.41) is 9.45. The molecule has 0 radical (unpaired) electrons. The first-order valence-electron chi connectivity index (χ1n) is 4.99. The lowest BCUT2D eigenvalue weighted by atomic mass is 10.1. The quantitative estimate of drug-likeness (QED) is 0.863. The summed E-state index contributed by atoms with van der Waals surface area (Å²) in [6, 6.07) is 1.50. The fourth-order valence-electron chi connectivity index (χ4n) is 1.93. The standard InChI is InChI=1S/C11H14ClNO2/c1-11(2)4-7(11)5-13-6-8(12)3-9(13)10(14)15/h3,6-7H,4-5H2,1-2H3,(H,14,15). The molecule has 2 rings (SSSR count). The van der Waals surface area contributed by atoms with Crippen LogP contribution in [0, 0.1) is 11.3 Å². The van der Waals surface area contributed by atoms with E-state index in [1.807, 2.05) is 0 Å². The number of aromatic nitrogens is 1. The maximum Gasteiger partial charge on any atom is 0.352 e. The van der Waals surface area contributed by atoms with Crippen LogP contribution < -0.4 is 0 Å². The molecule has 0 aliphatic heterocycles. The first kappa shape index (κ1) is 10.6. The van der Waals surface area contributed by atoms with E-state index in [4.69, 9.17) is 16.7 Å². The molecular weight excluding hydrogens is 214 g/mol. The van der Waals surface area contributed by atoms with Gasteiger partial charge in [-0.25, -0.2) is 4.79 Å². The summed E-state index contributed by atoms with van der Waals surface area (Å²) >= 11 is 5.80. The molecule has 0 aromatic carbocycles. The Kier molecular flexibility index (Phi) is 2.30. The van der Waals surface area contributed by atoms with Gasteiger partial charge < -0.3 is 9.67 Å². The predicted octanol–water partition coefficient (Wildman–Crippen LogP) is 2.89. The van der Waals surface area contributed by atoms with E-state index in [1.54, 1.807) is 10.8 Å². The molecule has 0 spiro atoms. The van der Waals surface area contributed by atoms with Crippen molar-refractivity contribution in [2.45, 2.75) is 26.8 Å². The summed E-state index contributed by atoms with van der Waals surface area (Å²) in [6.07, 6.45) is 2.85. The van der Waals surface area contributed by atoms with E-state index in [2.05, 4.69) is 13.8 Å². The second-order valence-electron chi connectivity index (χ2n) is 4.89. The van der Waals surface area contributed by atoms with Crippen molar-refractivity contribution < 1.29 is 9.90 Å². The Balaban J connectivity index is 2.18. The lowest BCUT2D eigenvalue weighted by molar-refractivity contribution is 0.0684. The summed E-state index contributed by atoms with van der Waals surface area (Å²) < 4.78 is 1.74. The van der Waals surface area contributed by atoms with Crippen LogP contribution in [-0.4, -0.2) is 15.6 Å². The second kappa shape index (κ2) is 3.27. The third-order valence-corrected chi connectivity index (χ3v) is 3.42. The van der Waals surface area contributed by atoms with Crippen LogP contribution in [0.4, 0.5) is 0 Å². The molecule has 4 heteroatoms. The first-order chi connectivity index (χ1) is 6.90. The molecule has 1 aliphatic rings. The highest BCUT2D eigenvalue weighted by Gasteiger charge is 2.45. The topological polar surface area (TPSA) is 42.2 Å². The van der Waals surface area contributed by atoms with Gasteiger partial charge in [0.05, 0.1) is 5.02 Å². The number of carbonyl (C=O) groups is 1. The first-order valence-corrected chi connectivity index (χ1v) is 5.37. The van der Waals surface area contributed by atoms with Crippen molar-refractivity contribution in [1.82, 2.24) is 4.57 Å². The summed E-state index contributed by atoms with van der Waals surface area (Å²) in [7, 11) is 0. The van der Waals surface area contributed by atoms with Crippen molar-refractivity contribution in [2.24, 2.45) is 11.3 Å². The summed E-state index contributed by atoms with van der Waals surface area (Å²) in [5.74, 6) is -0.348. The van der Waals surface area contributed by atoms with Gasteiger partial charge in [0, 0.05) is 12.7 Å². The molecular formula is C11H14ClNO2. The van der Waals surface area contributed by atoms with E-state index in [0.717, 1.165) is 13.0 Å². The van der Waals surface area contributed by atoms with Crippen LogP contribution in [0.3, 0.4) is 0 Å². The van der Waals surface area contributed by atoms with Crippen molar-refractivity contribution >= 4 is 17.6 Å². The monoisotopic (exact) mass is 227 g/mol. The van der Waals surface area contributed by atoms with Crippen molar-refractivity contribution in [3.63, 3.8) is 0 Å². The average Bonchev–Trinajstić information content (AvgIpc) is 2.55. The van der Waals surface area contributed by atoms with Crippen molar-refractivity contribution in [3.05, 3.63) is 23.0 Å². The molecule has 3 nitrogen and oxygen atoms in total. The Labute approximate surface area is 93.7 Å². The van der Waals surface area contributed by atoms with Crippen LogP contribution in [0.1, 0.15) is 30.8 Å². The molecule has 1 heterocycles. The Morgan fingerprint density at radius 2 is 2.33 bits per heavy atom. The number of hydrogen-bond acceptors (Lipinski definition) is 1. The number of halogens is 1. The van der Waals surface area contributed by atoms with Gasteiger partial charge in [-0.2, -0.15) is 0 Å². The van der Waals surface area contributed by atoms with E-state index < -0.39 is 5.97 Å². The number of hydrogen-bond donors (Lipinski definition) is 1. The zero-order valence-corrected chi connectivity index (χ0v) is 9.58. The average molecular weight is 228 g/mol. The number of carboxylic acid groups (broad SMARTS) is 1. The summed E-state index contributed by atoms with van der Waals surface area (Å²) in [5.41, 5.74) is 0.634. The van der Waals surface area contributed by atoms with E-state index in [1.165, 1.54) is 6.07 Å². The molecule has 0 saturated heterocycles. The number of carboxylic acids is 1. The second-order valence-corrected chi connectivity index (χ2v) is 5.33.